The van der Waals surface area contributed by atoms with E-state index in [4.69, 9.17) is 9.47 Å². The molecule has 2 saturated heterocycles. The smallest absolute Gasteiger partial charge is 0.245 e. The predicted molar refractivity (Wildman–Crippen MR) is 84.4 cm³/mol. The van der Waals surface area contributed by atoms with Crippen molar-refractivity contribution in [1.29, 1.82) is 0 Å². The van der Waals surface area contributed by atoms with Crippen LogP contribution in [0, 0.1) is 0 Å². The van der Waals surface area contributed by atoms with E-state index < -0.39 is 0 Å². The standard InChI is InChI=1S/C17H22N2O4/c1-22-14-4-2-3-5-15(14)23-12-8-10-19(11-9-12)17(21)13-6-7-16(20)18-13/h2-5,12-13H,6-11H2,1H3,(H,18,20)/t13-/m1/s1. The molecule has 1 atom stereocenters. The molecule has 1 N–H and O–H groups in total. The maximum atomic E-state index is 12.4. The molecule has 2 aliphatic rings. The number of nitrogens with one attached hydrogen (secondary N) is 1. The summed E-state index contributed by atoms with van der Waals surface area (Å²) in [4.78, 5) is 25.4. The first-order chi connectivity index (χ1) is 11.2. The fourth-order valence-electron chi connectivity index (χ4n) is 3.11. The maximum absolute atomic E-state index is 12.4. The van der Waals surface area contributed by atoms with Crippen LogP contribution >= 0.6 is 0 Å². The summed E-state index contributed by atoms with van der Waals surface area (Å²) in [6, 6.07) is 7.25. The largest absolute Gasteiger partial charge is 0.493 e. The van der Waals surface area contributed by atoms with Crippen molar-refractivity contribution < 1.29 is 19.1 Å². The minimum absolute atomic E-state index is 0.0299. The molecule has 2 amide bonds. The zero-order valence-corrected chi connectivity index (χ0v) is 13.3. The predicted octanol–water partition coefficient (Wildman–Crippen LogP) is 1.34. The molecule has 0 spiro atoms. The molecule has 0 aromatic heterocycles. The second-order valence-electron chi connectivity index (χ2n) is 5.95. The molecule has 2 heterocycles. The molecule has 6 nitrogen and oxygen atoms in total. The average Bonchev–Trinajstić information content (AvgIpc) is 3.02. The molecule has 124 valence electrons. The van der Waals surface area contributed by atoms with Gasteiger partial charge < -0.3 is 19.7 Å². The number of nitrogens with zero attached hydrogens (tertiary/aromatic N) is 1. The number of ether oxygens (including phenoxy) is 2. The average molecular weight is 318 g/mol. The molecule has 1 aromatic carbocycles. The Balaban J connectivity index is 1.52. The Morgan fingerprint density at radius 1 is 1.17 bits per heavy atom. The van der Waals surface area contributed by atoms with Gasteiger partial charge in [-0.3, -0.25) is 9.59 Å². The summed E-state index contributed by atoms with van der Waals surface area (Å²) in [6.07, 6.45) is 2.70. The van der Waals surface area contributed by atoms with Crippen LogP contribution in [-0.2, 0) is 9.59 Å². The molecule has 3 rings (SSSR count). The molecule has 2 aliphatic heterocycles. The van der Waals surface area contributed by atoms with Crippen LogP contribution < -0.4 is 14.8 Å². The highest BCUT2D eigenvalue weighted by Gasteiger charge is 2.33. The van der Waals surface area contributed by atoms with E-state index >= 15 is 0 Å². The molecule has 0 radical (unpaired) electrons. The van der Waals surface area contributed by atoms with Gasteiger partial charge in [0, 0.05) is 32.4 Å². The van der Waals surface area contributed by atoms with E-state index in [1.807, 2.05) is 29.2 Å². The Morgan fingerprint density at radius 2 is 1.87 bits per heavy atom. The zero-order valence-electron chi connectivity index (χ0n) is 13.3. The molecule has 0 bridgehead atoms. The number of hydrogen-bond donors (Lipinski definition) is 1. The van der Waals surface area contributed by atoms with E-state index in [-0.39, 0.29) is 24.0 Å². The van der Waals surface area contributed by atoms with E-state index in [0.29, 0.717) is 25.9 Å². The number of para-hydroxylation sites is 2. The summed E-state index contributed by atoms with van der Waals surface area (Å²) in [5, 5.41) is 2.74. The van der Waals surface area contributed by atoms with Crippen molar-refractivity contribution in [2.45, 2.75) is 37.8 Å². The lowest BCUT2D eigenvalue weighted by Gasteiger charge is -2.33. The van der Waals surface area contributed by atoms with Gasteiger partial charge in [0.25, 0.3) is 0 Å². The van der Waals surface area contributed by atoms with Crippen LogP contribution in [0.1, 0.15) is 25.7 Å². The van der Waals surface area contributed by atoms with Crippen LogP contribution in [0.3, 0.4) is 0 Å². The van der Waals surface area contributed by atoms with Gasteiger partial charge in [-0.2, -0.15) is 0 Å². The first kappa shape index (κ1) is 15.6. The van der Waals surface area contributed by atoms with E-state index in [9.17, 15) is 9.59 Å². The van der Waals surface area contributed by atoms with Gasteiger partial charge >= 0.3 is 0 Å². The molecule has 0 aliphatic carbocycles. The summed E-state index contributed by atoms with van der Waals surface area (Å²) in [5.74, 6) is 1.46. The van der Waals surface area contributed by atoms with E-state index in [2.05, 4.69) is 5.32 Å². The number of methoxy groups -OCH3 is 1. The van der Waals surface area contributed by atoms with Gasteiger partial charge in [0.1, 0.15) is 12.1 Å². The Bertz CT molecular complexity index is 582. The maximum Gasteiger partial charge on any atom is 0.245 e. The van der Waals surface area contributed by atoms with Crippen LogP contribution in [-0.4, -0.2) is 49.1 Å². The molecule has 0 saturated carbocycles. The second-order valence-corrected chi connectivity index (χ2v) is 5.95. The minimum Gasteiger partial charge on any atom is -0.493 e. The van der Waals surface area contributed by atoms with Crippen LogP contribution in [0.15, 0.2) is 24.3 Å². The lowest BCUT2D eigenvalue weighted by atomic mass is 10.1. The number of piperidine rings is 1. The molecular formula is C17H22N2O4. The fraction of sp³-hybridized carbons (Fsp3) is 0.529. The third-order valence-corrected chi connectivity index (χ3v) is 4.41. The van der Waals surface area contributed by atoms with Crippen molar-refractivity contribution in [1.82, 2.24) is 10.2 Å². The Kier molecular flexibility index (Phi) is 4.69. The van der Waals surface area contributed by atoms with Crippen molar-refractivity contribution in [2.24, 2.45) is 0 Å². The number of rotatable bonds is 4. The minimum atomic E-state index is -0.339. The first-order valence-corrected chi connectivity index (χ1v) is 8.05. The van der Waals surface area contributed by atoms with E-state index in [1.165, 1.54) is 0 Å². The zero-order chi connectivity index (χ0) is 16.2. The summed E-state index contributed by atoms with van der Waals surface area (Å²) in [6.45, 7) is 1.32. The van der Waals surface area contributed by atoms with Gasteiger partial charge in [-0.1, -0.05) is 12.1 Å². The summed E-state index contributed by atoms with van der Waals surface area (Å²) in [5.41, 5.74) is 0. The lowest BCUT2D eigenvalue weighted by molar-refractivity contribution is -0.136. The quantitative estimate of drug-likeness (QED) is 0.910. The Labute approximate surface area is 135 Å². The number of amides is 2. The van der Waals surface area contributed by atoms with Gasteiger partial charge in [0.2, 0.25) is 11.8 Å². The highest BCUT2D eigenvalue weighted by molar-refractivity contribution is 5.90. The van der Waals surface area contributed by atoms with Crippen molar-refractivity contribution in [3.63, 3.8) is 0 Å². The van der Waals surface area contributed by atoms with Crippen molar-refractivity contribution in [3.05, 3.63) is 24.3 Å². The van der Waals surface area contributed by atoms with Gasteiger partial charge in [-0.05, 0) is 18.6 Å². The van der Waals surface area contributed by atoms with Crippen molar-refractivity contribution in [2.75, 3.05) is 20.2 Å². The molecule has 2 fully saturated rings. The molecule has 23 heavy (non-hydrogen) atoms. The highest BCUT2D eigenvalue weighted by atomic mass is 16.5. The summed E-state index contributed by atoms with van der Waals surface area (Å²) >= 11 is 0. The summed E-state index contributed by atoms with van der Waals surface area (Å²) in [7, 11) is 1.62. The van der Waals surface area contributed by atoms with Crippen LogP contribution in [0.5, 0.6) is 11.5 Å². The van der Waals surface area contributed by atoms with Gasteiger partial charge in [0.05, 0.1) is 7.11 Å². The number of hydrogen-bond acceptors (Lipinski definition) is 4. The molecule has 0 unspecified atom stereocenters. The van der Waals surface area contributed by atoms with Crippen molar-refractivity contribution >= 4 is 11.8 Å². The van der Waals surface area contributed by atoms with Gasteiger partial charge in [0.15, 0.2) is 11.5 Å². The lowest BCUT2D eigenvalue weighted by Crippen LogP contribution is -2.49. The van der Waals surface area contributed by atoms with Gasteiger partial charge in [-0.15, -0.1) is 0 Å². The van der Waals surface area contributed by atoms with Crippen LogP contribution in [0.4, 0.5) is 0 Å². The second kappa shape index (κ2) is 6.89. The molecular weight excluding hydrogens is 296 g/mol. The van der Waals surface area contributed by atoms with E-state index in [0.717, 1.165) is 24.3 Å². The number of carbonyl (C=O) groups is 2. The van der Waals surface area contributed by atoms with Crippen LogP contribution in [0.2, 0.25) is 0 Å². The third-order valence-electron chi connectivity index (χ3n) is 4.41. The number of carbonyl (C=O) groups excluding carboxylic acids is 2. The van der Waals surface area contributed by atoms with Crippen LogP contribution in [0.25, 0.3) is 0 Å². The van der Waals surface area contributed by atoms with Crippen molar-refractivity contribution in [3.8, 4) is 11.5 Å². The first-order valence-electron chi connectivity index (χ1n) is 8.05. The summed E-state index contributed by atoms with van der Waals surface area (Å²) < 4.78 is 11.3. The monoisotopic (exact) mass is 318 g/mol. The Hall–Kier alpha value is -2.24. The molecule has 1 aromatic rings. The fourth-order valence-corrected chi connectivity index (χ4v) is 3.11. The third kappa shape index (κ3) is 3.57. The number of likely N-dealkylation sites (tertiary alicyclic amines) is 1. The normalized spacial score (nSPS) is 21.9. The van der Waals surface area contributed by atoms with Gasteiger partial charge in [-0.25, -0.2) is 0 Å². The molecule has 6 heteroatoms. The SMILES string of the molecule is COc1ccccc1OC1CCN(C(=O)[C@H]2CCC(=O)N2)CC1. The number of benzene rings is 1. The topological polar surface area (TPSA) is 67.9 Å². The highest BCUT2D eigenvalue weighted by Crippen LogP contribution is 2.29. The van der Waals surface area contributed by atoms with E-state index in [1.54, 1.807) is 7.11 Å². The Morgan fingerprint density at radius 3 is 2.48 bits per heavy atom.